The Morgan fingerprint density at radius 3 is 2.57 bits per heavy atom. The van der Waals surface area contributed by atoms with Gasteiger partial charge in [-0.1, -0.05) is 80.3 Å². The number of nitrogens with zero attached hydrogens (tertiary/aromatic N) is 4. The number of rotatable bonds is 7. The lowest BCUT2D eigenvalue weighted by Crippen LogP contribution is -2.77. The minimum absolute atomic E-state index is 0.0754. The third-order valence-corrected chi connectivity index (χ3v) is 7.21. The Bertz CT molecular complexity index is 1180. The van der Waals surface area contributed by atoms with Crippen LogP contribution in [0.5, 0.6) is 0 Å². The van der Waals surface area contributed by atoms with Crippen molar-refractivity contribution < 1.29 is 14.4 Å². The largest absolute Gasteiger partial charge is 0.334 e. The standard InChI is InChI=1S/C28H32ClN5O3/c1-4-14-32-19-25(35)33-24(34(32)28(37)30-16-21-10-7-6-8-11-21)18-31(27(36)26(33)20(3)5-2)17-22-12-9-13-23(29)15-22/h1,6-13,15,20,24,26H,5,14,16-19H2,2-3H3,(H,30,37)/t20?,24-,26-/m0/s1. The van der Waals surface area contributed by atoms with Crippen molar-refractivity contribution in [2.75, 3.05) is 19.6 Å². The number of hydrazine groups is 1. The number of piperazine rings is 1. The molecule has 2 aliphatic rings. The molecule has 2 aromatic rings. The zero-order chi connectivity index (χ0) is 26.5. The SMILES string of the molecule is C#CCN1CC(=O)N2[C@@H](C(C)CC)C(=O)N(Cc3cccc(Cl)c3)C[C@@H]2N1C(=O)NCc1ccccc1. The zero-order valence-corrected chi connectivity index (χ0v) is 21.9. The van der Waals surface area contributed by atoms with Crippen molar-refractivity contribution in [1.29, 1.82) is 0 Å². The number of hydrogen-bond acceptors (Lipinski definition) is 4. The molecule has 37 heavy (non-hydrogen) atoms. The number of fused-ring (bicyclic) bond motifs is 1. The highest BCUT2D eigenvalue weighted by Gasteiger charge is 2.52. The van der Waals surface area contributed by atoms with Crippen LogP contribution in [0.3, 0.4) is 0 Å². The van der Waals surface area contributed by atoms with Crippen molar-refractivity contribution in [2.24, 2.45) is 5.92 Å². The Hall–Kier alpha value is -3.54. The summed E-state index contributed by atoms with van der Waals surface area (Å²) in [6.07, 6.45) is 5.62. The Morgan fingerprint density at radius 2 is 1.89 bits per heavy atom. The van der Waals surface area contributed by atoms with Crippen LogP contribution in [0.2, 0.25) is 5.02 Å². The van der Waals surface area contributed by atoms with E-state index in [0.29, 0.717) is 24.5 Å². The second-order valence-corrected chi connectivity index (χ2v) is 9.91. The van der Waals surface area contributed by atoms with E-state index < -0.39 is 12.2 Å². The first kappa shape index (κ1) is 26.5. The van der Waals surface area contributed by atoms with E-state index in [2.05, 4.69) is 11.2 Å². The van der Waals surface area contributed by atoms with E-state index >= 15 is 0 Å². The van der Waals surface area contributed by atoms with Gasteiger partial charge in [0.1, 0.15) is 12.2 Å². The normalized spacial score (nSPS) is 20.9. The predicted octanol–water partition coefficient (Wildman–Crippen LogP) is 3.33. The molecule has 2 aromatic carbocycles. The topological polar surface area (TPSA) is 76.2 Å². The molecule has 2 saturated heterocycles. The van der Waals surface area contributed by atoms with Gasteiger partial charge in [0.2, 0.25) is 11.8 Å². The highest BCUT2D eigenvalue weighted by Crippen LogP contribution is 2.31. The van der Waals surface area contributed by atoms with Gasteiger partial charge >= 0.3 is 6.03 Å². The summed E-state index contributed by atoms with van der Waals surface area (Å²) in [6.45, 7) is 4.76. The van der Waals surface area contributed by atoms with Gasteiger partial charge in [-0.25, -0.2) is 9.80 Å². The predicted molar refractivity (Wildman–Crippen MR) is 142 cm³/mol. The van der Waals surface area contributed by atoms with Crippen LogP contribution in [0.4, 0.5) is 4.79 Å². The molecule has 0 aromatic heterocycles. The molecule has 2 fully saturated rings. The molecule has 3 atom stereocenters. The molecular formula is C28H32ClN5O3. The number of carbonyl (C=O) groups excluding carboxylic acids is 3. The number of urea groups is 1. The number of hydrogen-bond donors (Lipinski definition) is 1. The van der Waals surface area contributed by atoms with E-state index in [1.807, 2.05) is 62.4 Å². The molecule has 2 heterocycles. The lowest BCUT2D eigenvalue weighted by atomic mass is 9.92. The average molecular weight is 522 g/mol. The van der Waals surface area contributed by atoms with Crippen LogP contribution >= 0.6 is 11.6 Å². The molecule has 0 aliphatic carbocycles. The summed E-state index contributed by atoms with van der Waals surface area (Å²) < 4.78 is 0. The molecule has 0 radical (unpaired) electrons. The first-order valence-electron chi connectivity index (χ1n) is 12.5. The molecule has 2 aliphatic heterocycles. The van der Waals surface area contributed by atoms with E-state index in [1.54, 1.807) is 20.9 Å². The minimum Gasteiger partial charge on any atom is -0.333 e. The summed E-state index contributed by atoms with van der Waals surface area (Å²) in [5, 5.41) is 6.66. The number of amides is 4. The number of terminal acetylenes is 1. The first-order valence-corrected chi connectivity index (χ1v) is 12.9. The van der Waals surface area contributed by atoms with Crippen molar-refractivity contribution in [3.05, 3.63) is 70.7 Å². The molecule has 9 heteroatoms. The van der Waals surface area contributed by atoms with Gasteiger partial charge in [-0.3, -0.25) is 9.59 Å². The van der Waals surface area contributed by atoms with Gasteiger partial charge in [0.15, 0.2) is 0 Å². The lowest BCUT2D eigenvalue weighted by molar-refractivity contribution is -0.192. The van der Waals surface area contributed by atoms with Gasteiger partial charge in [-0.2, -0.15) is 5.01 Å². The fourth-order valence-electron chi connectivity index (χ4n) is 4.98. The molecule has 0 spiro atoms. The van der Waals surface area contributed by atoms with E-state index in [0.717, 1.165) is 11.1 Å². The molecule has 1 N–H and O–H groups in total. The maximum Gasteiger partial charge on any atom is 0.334 e. The summed E-state index contributed by atoms with van der Waals surface area (Å²) in [5.74, 6) is 2.11. The molecule has 4 amide bonds. The molecular weight excluding hydrogens is 490 g/mol. The smallest absolute Gasteiger partial charge is 0.333 e. The van der Waals surface area contributed by atoms with Gasteiger partial charge in [0.05, 0.1) is 19.6 Å². The van der Waals surface area contributed by atoms with E-state index in [9.17, 15) is 14.4 Å². The Morgan fingerprint density at radius 1 is 1.16 bits per heavy atom. The number of benzene rings is 2. The van der Waals surface area contributed by atoms with Crippen LogP contribution in [-0.4, -0.2) is 69.5 Å². The van der Waals surface area contributed by atoms with Crippen molar-refractivity contribution >= 4 is 29.4 Å². The summed E-state index contributed by atoms with van der Waals surface area (Å²) in [6, 6.07) is 15.9. The van der Waals surface area contributed by atoms with E-state index in [4.69, 9.17) is 18.0 Å². The fourth-order valence-corrected chi connectivity index (χ4v) is 5.19. The van der Waals surface area contributed by atoms with Crippen LogP contribution in [0.25, 0.3) is 0 Å². The molecule has 1 unspecified atom stereocenters. The highest BCUT2D eigenvalue weighted by molar-refractivity contribution is 6.30. The van der Waals surface area contributed by atoms with Crippen molar-refractivity contribution in [2.45, 2.75) is 45.6 Å². The van der Waals surface area contributed by atoms with Gasteiger partial charge in [-0.15, -0.1) is 6.42 Å². The van der Waals surface area contributed by atoms with Crippen molar-refractivity contribution in [3.8, 4) is 12.3 Å². The molecule has 0 saturated carbocycles. The number of nitrogens with one attached hydrogen (secondary N) is 1. The van der Waals surface area contributed by atoms with Gasteiger partial charge < -0.3 is 15.1 Å². The van der Waals surface area contributed by atoms with Crippen LogP contribution in [-0.2, 0) is 22.7 Å². The van der Waals surface area contributed by atoms with E-state index in [-0.39, 0.29) is 43.4 Å². The van der Waals surface area contributed by atoms with Crippen molar-refractivity contribution in [1.82, 2.24) is 25.1 Å². The third kappa shape index (κ3) is 5.74. The van der Waals surface area contributed by atoms with Crippen LogP contribution in [0.15, 0.2) is 54.6 Å². The molecule has 0 bridgehead atoms. The summed E-state index contributed by atoms with van der Waals surface area (Å²) in [5.41, 5.74) is 1.82. The minimum atomic E-state index is -0.693. The zero-order valence-electron chi connectivity index (χ0n) is 21.1. The Labute approximate surface area is 223 Å². The van der Waals surface area contributed by atoms with Gasteiger partial charge in [-0.05, 0) is 29.2 Å². The summed E-state index contributed by atoms with van der Waals surface area (Å²) in [7, 11) is 0. The fraction of sp³-hybridized carbons (Fsp3) is 0.393. The maximum atomic E-state index is 13.7. The average Bonchev–Trinajstić information content (AvgIpc) is 2.88. The van der Waals surface area contributed by atoms with Crippen LogP contribution in [0, 0.1) is 18.3 Å². The maximum absolute atomic E-state index is 13.7. The van der Waals surface area contributed by atoms with E-state index in [1.165, 1.54) is 5.01 Å². The Balaban J connectivity index is 1.67. The van der Waals surface area contributed by atoms with Gasteiger partial charge in [0, 0.05) is 18.1 Å². The van der Waals surface area contributed by atoms with Gasteiger partial charge in [0.25, 0.3) is 0 Å². The molecule has 194 valence electrons. The lowest BCUT2D eigenvalue weighted by Gasteiger charge is -2.55. The van der Waals surface area contributed by atoms with Crippen LogP contribution in [0.1, 0.15) is 31.4 Å². The Kier molecular flexibility index (Phi) is 8.37. The molecule has 4 rings (SSSR count). The quantitative estimate of drug-likeness (QED) is 0.567. The number of halogens is 1. The second-order valence-electron chi connectivity index (χ2n) is 9.48. The summed E-state index contributed by atoms with van der Waals surface area (Å²) in [4.78, 5) is 44.1. The monoisotopic (exact) mass is 521 g/mol. The molecule has 8 nitrogen and oxygen atoms in total. The highest BCUT2D eigenvalue weighted by atomic mass is 35.5. The second kappa shape index (κ2) is 11.7. The van der Waals surface area contributed by atoms with Crippen molar-refractivity contribution in [3.63, 3.8) is 0 Å². The summed E-state index contributed by atoms with van der Waals surface area (Å²) >= 11 is 6.19. The van der Waals surface area contributed by atoms with Crippen LogP contribution < -0.4 is 5.32 Å². The first-order chi connectivity index (χ1) is 17.8. The number of carbonyl (C=O) groups is 3. The third-order valence-electron chi connectivity index (χ3n) is 6.98.